The van der Waals surface area contributed by atoms with E-state index in [9.17, 15) is 13.2 Å². The van der Waals surface area contributed by atoms with Crippen molar-refractivity contribution in [2.45, 2.75) is 50.9 Å². The highest BCUT2D eigenvalue weighted by Crippen LogP contribution is 2.49. The summed E-state index contributed by atoms with van der Waals surface area (Å²) in [5, 5.41) is 0. The average Bonchev–Trinajstić information content (AvgIpc) is 2.65. The van der Waals surface area contributed by atoms with Gasteiger partial charge in [-0.05, 0) is 97.6 Å². The van der Waals surface area contributed by atoms with Crippen LogP contribution >= 0.6 is 0 Å². The second-order valence-corrected chi connectivity index (χ2v) is 8.22. The Morgan fingerprint density at radius 1 is 0.964 bits per heavy atom. The van der Waals surface area contributed by atoms with Crippen LogP contribution in [0, 0.1) is 35.1 Å². The normalized spacial score (nSPS) is 23.8. The van der Waals surface area contributed by atoms with Crippen molar-refractivity contribution >= 4 is 0 Å². The van der Waals surface area contributed by atoms with Crippen molar-refractivity contribution in [3.8, 4) is 11.1 Å². The Kier molecular flexibility index (Phi) is 5.31. The molecule has 1 saturated carbocycles. The molecule has 3 atom stereocenters. The van der Waals surface area contributed by atoms with Crippen LogP contribution in [0.4, 0.5) is 17.6 Å². The highest BCUT2D eigenvalue weighted by molar-refractivity contribution is 5.67. The van der Waals surface area contributed by atoms with Crippen molar-refractivity contribution in [2.24, 2.45) is 11.8 Å². The predicted octanol–water partition coefficient (Wildman–Crippen LogP) is 7.32. The number of hydrogen-bond donors (Lipinski definition) is 0. The highest BCUT2D eigenvalue weighted by Gasteiger charge is 2.37. The Morgan fingerprint density at radius 2 is 1.71 bits per heavy atom. The number of rotatable bonds is 4. The maximum Gasteiger partial charge on any atom is 0.137 e. The van der Waals surface area contributed by atoms with Crippen LogP contribution in [0.15, 0.2) is 36.9 Å². The lowest BCUT2D eigenvalue weighted by molar-refractivity contribution is 0.201. The molecular weight excluding hydrogens is 364 g/mol. The zero-order valence-corrected chi connectivity index (χ0v) is 15.8. The monoisotopic (exact) mass is 388 g/mol. The van der Waals surface area contributed by atoms with Gasteiger partial charge in [-0.2, -0.15) is 0 Å². The van der Waals surface area contributed by atoms with Crippen LogP contribution in [0.25, 0.3) is 11.1 Å². The van der Waals surface area contributed by atoms with E-state index in [1.54, 1.807) is 0 Å². The summed E-state index contributed by atoms with van der Waals surface area (Å²) < 4.78 is 57.3. The van der Waals surface area contributed by atoms with Crippen molar-refractivity contribution < 1.29 is 17.6 Å². The highest BCUT2D eigenvalue weighted by atomic mass is 19.1. The topological polar surface area (TPSA) is 0 Å². The van der Waals surface area contributed by atoms with E-state index >= 15 is 4.39 Å². The fourth-order valence-electron chi connectivity index (χ4n) is 5.26. The minimum atomic E-state index is -0.843. The van der Waals surface area contributed by atoms with E-state index in [0.717, 1.165) is 56.2 Å². The third-order valence-electron chi connectivity index (χ3n) is 6.54. The largest absolute Gasteiger partial charge is 0.207 e. The van der Waals surface area contributed by atoms with E-state index < -0.39 is 23.3 Å². The Hall–Kier alpha value is -2.10. The summed E-state index contributed by atoms with van der Waals surface area (Å²) in [6.45, 7) is 3.79. The van der Waals surface area contributed by atoms with Gasteiger partial charge in [0.25, 0.3) is 0 Å². The van der Waals surface area contributed by atoms with Gasteiger partial charge < -0.3 is 0 Å². The van der Waals surface area contributed by atoms with Crippen molar-refractivity contribution in [3.05, 3.63) is 71.3 Å². The summed E-state index contributed by atoms with van der Waals surface area (Å²) in [6.07, 6.45) is 8.61. The number of hydrogen-bond acceptors (Lipinski definition) is 0. The number of allylic oxidation sites excluding steroid dienone is 1. The smallest absolute Gasteiger partial charge is 0.137 e. The Balaban J connectivity index is 1.68. The van der Waals surface area contributed by atoms with Gasteiger partial charge in [0, 0.05) is 6.07 Å². The number of benzene rings is 2. The standard InChI is InChI=1S/C24H24F4/c1-2-3-4-14-5-7-19-15(9-14)6-8-20-21(19)13-22(27)23(24(20)28)16-10-17(25)12-18(26)11-16/h2,10-15,19H,1,3-9H2/t14-,15-,19+/m1/s1. The fourth-order valence-corrected chi connectivity index (χ4v) is 5.26. The van der Waals surface area contributed by atoms with E-state index in [0.29, 0.717) is 29.9 Å². The average molecular weight is 388 g/mol. The molecule has 0 nitrogen and oxygen atoms in total. The fraction of sp³-hybridized carbons (Fsp3) is 0.417. The molecule has 0 aliphatic heterocycles. The summed E-state index contributed by atoms with van der Waals surface area (Å²) in [7, 11) is 0. The van der Waals surface area contributed by atoms with E-state index in [1.807, 2.05) is 6.08 Å². The zero-order valence-electron chi connectivity index (χ0n) is 15.8. The molecule has 1 fully saturated rings. The SMILES string of the molecule is C=CCC[C@@H]1CC[C@@H]2c3cc(F)c(-c4cc(F)cc(F)c4)c(F)c3CC[C@@H]2C1. The molecule has 0 N–H and O–H groups in total. The molecule has 0 unspecified atom stereocenters. The molecule has 2 aromatic carbocycles. The van der Waals surface area contributed by atoms with E-state index in [2.05, 4.69) is 6.58 Å². The van der Waals surface area contributed by atoms with Gasteiger partial charge in [-0.15, -0.1) is 6.58 Å². The van der Waals surface area contributed by atoms with Gasteiger partial charge in [-0.1, -0.05) is 6.08 Å². The maximum absolute atomic E-state index is 15.3. The van der Waals surface area contributed by atoms with Crippen molar-refractivity contribution in [1.82, 2.24) is 0 Å². The van der Waals surface area contributed by atoms with Crippen LogP contribution in [0.3, 0.4) is 0 Å². The lowest BCUT2D eigenvalue weighted by Crippen LogP contribution is -2.29. The molecule has 0 amide bonds. The molecule has 2 aliphatic rings. The van der Waals surface area contributed by atoms with Crippen LogP contribution in [0.1, 0.15) is 55.6 Å². The van der Waals surface area contributed by atoms with Crippen molar-refractivity contribution in [3.63, 3.8) is 0 Å². The van der Waals surface area contributed by atoms with Gasteiger partial charge >= 0.3 is 0 Å². The van der Waals surface area contributed by atoms with Crippen LogP contribution < -0.4 is 0 Å². The molecule has 148 valence electrons. The zero-order chi connectivity index (χ0) is 19.8. The molecule has 2 aromatic rings. The Bertz CT molecular complexity index is 882. The molecular formula is C24H24F4. The lowest BCUT2D eigenvalue weighted by atomic mass is 9.64. The van der Waals surface area contributed by atoms with Crippen LogP contribution in [-0.4, -0.2) is 0 Å². The van der Waals surface area contributed by atoms with Gasteiger partial charge in [0.15, 0.2) is 0 Å². The first-order chi connectivity index (χ1) is 13.5. The van der Waals surface area contributed by atoms with Crippen LogP contribution in [-0.2, 0) is 6.42 Å². The van der Waals surface area contributed by atoms with Gasteiger partial charge in [0.2, 0.25) is 0 Å². The molecule has 2 aliphatic carbocycles. The third-order valence-corrected chi connectivity index (χ3v) is 6.54. The third kappa shape index (κ3) is 3.49. The molecule has 4 rings (SSSR count). The molecule has 0 aromatic heterocycles. The van der Waals surface area contributed by atoms with Gasteiger partial charge in [-0.25, -0.2) is 17.6 Å². The molecule has 28 heavy (non-hydrogen) atoms. The summed E-state index contributed by atoms with van der Waals surface area (Å²) in [4.78, 5) is 0. The van der Waals surface area contributed by atoms with E-state index in [4.69, 9.17) is 0 Å². The van der Waals surface area contributed by atoms with Crippen LogP contribution in [0.2, 0.25) is 0 Å². The summed E-state index contributed by atoms with van der Waals surface area (Å²) in [5.74, 6) is -1.81. The Labute approximate surface area is 163 Å². The minimum Gasteiger partial charge on any atom is -0.207 e. The first-order valence-electron chi connectivity index (χ1n) is 10.1. The second-order valence-electron chi connectivity index (χ2n) is 8.22. The maximum atomic E-state index is 15.3. The van der Waals surface area contributed by atoms with E-state index in [-0.39, 0.29) is 17.0 Å². The van der Waals surface area contributed by atoms with Crippen molar-refractivity contribution in [2.75, 3.05) is 0 Å². The quantitative estimate of drug-likeness (QED) is 0.380. The minimum absolute atomic E-state index is 0.0921. The summed E-state index contributed by atoms with van der Waals surface area (Å²) in [6, 6.07) is 4.07. The molecule has 0 radical (unpaired) electrons. The molecule has 0 saturated heterocycles. The number of fused-ring (bicyclic) bond motifs is 3. The molecule has 0 heterocycles. The first kappa shape index (κ1) is 19.2. The second kappa shape index (κ2) is 7.73. The van der Waals surface area contributed by atoms with E-state index in [1.165, 1.54) is 6.07 Å². The van der Waals surface area contributed by atoms with Crippen LogP contribution in [0.5, 0.6) is 0 Å². The molecule has 0 bridgehead atoms. The van der Waals surface area contributed by atoms with Crippen molar-refractivity contribution in [1.29, 1.82) is 0 Å². The Morgan fingerprint density at radius 3 is 2.43 bits per heavy atom. The summed E-state index contributed by atoms with van der Waals surface area (Å²) >= 11 is 0. The predicted molar refractivity (Wildman–Crippen MR) is 103 cm³/mol. The van der Waals surface area contributed by atoms with Gasteiger partial charge in [0.1, 0.15) is 23.3 Å². The lowest BCUT2D eigenvalue weighted by Gasteiger charge is -2.41. The molecule has 4 heteroatoms. The van der Waals surface area contributed by atoms with Gasteiger partial charge in [0.05, 0.1) is 5.56 Å². The first-order valence-corrected chi connectivity index (χ1v) is 10.1. The molecule has 0 spiro atoms. The van der Waals surface area contributed by atoms with Gasteiger partial charge in [-0.3, -0.25) is 0 Å². The number of halogens is 4. The summed E-state index contributed by atoms with van der Waals surface area (Å²) in [5.41, 5.74) is 0.863.